The van der Waals surface area contributed by atoms with Crippen molar-refractivity contribution < 1.29 is 0 Å². The molecule has 278 valence electrons. The Bertz CT molecular complexity index is 3560. The van der Waals surface area contributed by atoms with E-state index in [9.17, 15) is 0 Å². The molecule has 0 fully saturated rings. The highest BCUT2D eigenvalue weighted by Gasteiger charge is 2.20. The lowest BCUT2D eigenvalue weighted by Gasteiger charge is -2.21. The lowest BCUT2D eigenvalue weighted by atomic mass is 9.82. The van der Waals surface area contributed by atoms with Gasteiger partial charge >= 0.3 is 0 Å². The van der Waals surface area contributed by atoms with Crippen LogP contribution in [0.25, 0.3) is 120 Å². The molecule has 0 heterocycles. The third kappa shape index (κ3) is 5.76. The van der Waals surface area contributed by atoms with Gasteiger partial charge in [0.2, 0.25) is 0 Å². The summed E-state index contributed by atoms with van der Waals surface area (Å²) in [7, 11) is 0. The van der Waals surface area contributed by atoms with Crippen LogP contribution < -0.4 is 0 Å². The monoisotopic (exact) mass is 758 g/mol. The van der Waals surface area contributed by atoms with Crippen molar-refractivity contribution in [1.82, 2.24) is 0 Å². The van der Waals surface area contributed by atoms with Crippen molar-refractivity contribution >= 4 is 64.6 Å². The van der Waals surface area contributed by atoms with Crippen LogP contribution >= 0.6 is 0 Å². The number of hydrogen-bond donors (Lipinski definition) is 0. The van der Waals surface area contributed by atoms with E-state index in [4.69, 9.17) is 0 Å². The third-order valence-electron chi connectivity index (χ3n) is 12.6. The molecule has 0 N–H and O–H groups in total. The second-order valence-electron chi connectivity index (χ2n) is 16.1. The summed E-state index contributed by atoms with van der Waals surface area (Å²) >= 11 is 0. The first-order chi connectivity index (χ1) is 29.7. The molecule has 0 atom stereocenters. The zero-order valence-electron chi connectivity index (χ0n) is 32.9. The van der Waals surface area contributed by atoms with E-state index in [2.05, 4.69) is 231 Å². The third-order valence-corrected chi connectivity index (χ3v) is 12.6. The van der Waals surface area contributed by atoms with Crippen molar-refractivity contribution in [2.45, 2.75) is 0 Å². The molecule has 0 heteroatoms. The molecule has 0 saturated heterocycles. The SMILES string of the molecule is c1ccc2cc(-c3cc(-c4ccc5ccccc5c4)cc(-c4c5ccccc5c(-c5cccc6ccccc56)c5cc(-c6ccc7ccccc7c6)ccc45)c3)ccc2c1. The molecule has 12 rings (SSSR count). The van der Waals surface area contributed by atoms with Gasteiger partial charge in [0.25, 0.3) is 0 Å². The Balaban J connectivity index is 1.18. The van der Waals surface area contributed by atoms with E-state index in [1.165, 1.54) is 120 Å². The van der Waals surface area contributed by atoms with Crippen LogP contribution in [0.5, 0.6) is 0 Å². The topological polar surface area (TPSA) is 0 Å². The van der Waals surface area contributed by atoms with E-state index in [0.29, 0.717) is 0 Å². The van der Waals surface area contributed by atoms with Gasteiger partial charge < -0.3 is 0 Å². The predicted molar refractivity (Wildman–Crippen MR) is 259 cm³/mol. The van der Waals surface area contributed by atoms with Crippen LogP contribution in [0.4, 0.5) is 0 Å². The number of benzene rings is 12. The molecule has 0 aliphatic rings. The largest absolute Gasteiger partial charge is 0.0616 e. The highest BCUT2D eigenvalue weighted by Crippen LogP contribution is 2.48. The van der Waals surface area contributed by atoms with E-state index in [1.54, 1.807) is 0 Å². The van der Waals surface area contributed by atoms with Crippen LogP contribution in [0.15, 0.2) is 231 Å². The first-order valence-corrected chi connectivity index (χ1v) is 20.8. The van der Waals surface area contributed by atoms with E-state index >= 15 is 0 Å². The van der Waals surface area contributed by atoms with Crippen LogP contribution in [-0.2, 0) is 0 Å². The molecule has 12 aromatic rings. The van der Waals surface area contributed by atoms with Gasteiger partial charge in [0.1, 0.15) is 0 Å². The van der Waals surface area contributed by atoms with Crippen molar-refractivity contribution in [1.29, 1.82) is 0 Å². The van der Waals surface area contributed by atoms with Gasteiger partial charge in [0.15, 0.2) is 0 Å². The maximum absolute atomic E-state index is 2.45. The molecular formula is C60H38. The molecule has 0 saturated carbocycles. The molecule has 0 aromatic heterocycles. The van der Waals surface area contributed by atoms with E-state index in [-0.39, 0.29) is 0 Å². The van der Waals surface area contributed by atoms with Crippen molar-refractivity contribution in [3.8, 4) is 55.6 Å². The highest BCUT2D eigenvalue weighted by atomic mass is 14.2. The van der Waals surface area contributed by atoms with E-state index in [0.717, 1.165) is 0 Å². The second kappa shape index (κ2) is 13.9. The number of rotatable bonds is 5. The standard InChI is InChI=1S/C60H38/c1-4-16-43-32-46(27-24-39(43)12-1)49-30-31-57-58(38-49)60(54-23-11-19-42-15-7-8-20-53(42)54)56-22-10-9-21-55(56)59(57)52-36-50(47-28-25-40-13-2-5-17-44(40)33-47)35-51(37-52)48-29-26-41-14-3-6-18-45(41)34-48/h1-38H. The quantitative estimate of drug-likeness (QED) is 0.153. The van der Waals surface area contributed by atoms with Crippen molar-refractivity contribution in [2.75, 3.05) is 0 Å². The van der Waals surface area contributed by atoms with Crippen LogP contribution in [0.1, 0.15) is 0 Å². The summed E-state index contributed by atoms with van der Waals surface area (Å²) in [6.07, 6.45) is 0. The normalized spacial score (nSPS) is 11.7. The molecule has 0 unspecified atom stereocenters. The molecule has 0 aliphatic carbocycles. The summed E-state index contributed by atoms with van der Waals surface area (Å²) in [6.45, 7) is 0. The minimum atomic E-state index is 1.20. The molecule has 0 aliphatic heterocycles. The molecule has 0 bridgehead atoms. The van der Waals surface area contributed by atoms with Crippen molar-refractivity contribution in [3.63, 3.8) is 0 Å². The summed E-state index contributed by atoms with van der Waals surface area (Å²) < 4.78 is 0. The van der Waals surface area contributed by atoms with Gasteiger partial charge in [-0.1, -0.05) is 188 Å². The van der Waals surface area contributed by atoms with Crippen molar-refractivity contribution in [2.24, 2.45) is 0 Å². The van der Waals surface area contributed by atoms with Gasteiger partial charge in [-0.05, 0) is 163 Å². The number of fused-ring (bicyclic) bond motifs is 6. The zero-order chi connectivity index (χ0) is 39.6. The average Bonchev–Trinajstić information content (AvgIpc) is 3.32. The van der Waals surface area contributed by atoms with Gasteiger partial charge in [-0.3, -0.25) is 0 Å². The van der Waals surface area contributed by atoms with E-state index < -0.39 is 0 Å². The smallest absolute Gasteiger partial charge is 0.00199 e. The molecule has 12 aromatic carbocycles. The minimum absolute atomic E-state index is 1.20. The fourth-order valence-electron chi connectivity index (χ4n) is 9.61. The number of hydrogen-bond acceptors (Lipinski definition) is 0. The zero-order valence-corrected chi connectivity index (χ0v) is 32.9. The van der Waals surface area contributed by atoms with Crippen LogP contribution in [-0.4, -0.2) is 0 Å². The van der Waals surface area contributed by atoms with Crippen LogP contribution in [0.3, 0.4) is 0 Å². The van der Waals surface area contributed by atoms with Gasteiger partial charge in [0.05, 0.1) is 0 Å². The van der Waals surface area contributed by atoms with Crippen LogP contribution in [0.2, 0.25) is 0 Å². The Morgan fingerprint density at radius 3 is 1.12 bits per heavy atom. The molecule has 0 spiro atoms. The molecule has 0 amide bonds. The Labute approximate surface area is 349 Å². The predicted octanol–water partition coefficient (Wildman–Crippen LogP) is 16.9. The first kappa shape index (κ1) is 34.3. The maximum atomic E-state index is 2.45. The minimum Gasteiger partial charge on any atom is -0.0616 e. The highest BCUT2D eigenvalue weighted by molar-refractivity contribution is 6.24. The summed E-state index contributed by atoms with van der Waals surface area (Å²) in [4.78, 5) is 0. The molecular weight excluding hydrogens is 721 g/mol. The Kier molecular flexibility index (Phi) is 7.96. The fraction of sp³-hybridized carbons (Fsp3) is 0. The Morgan fingerprint density at radius 1 is 0.167 bits per heavy atom. The van der Waals surface area contributed by atoms with Crippen molar-refractivity contribution in [3.05, 3.63) is 231 Å². The fourth-order valence-corrected chi connectivity index (χ4v) is 9.61. The molecule has 0 radical (unpaired) electrons. The molecule has 0 nitrogen and oxygen atoms in total. The van der Waals surface area contributed by atoms with Gasteiger partial charge in [-0.2, -0.15) is 0 Å². The average molecular weight is 759 g/mol. The lowest BCUT2D eigenvalue weighted by Crippen LogP contribution is -1.94. The summed E-state index contributed by atoms with van der Waals surface area (Å²) in [5.74, 6) is 0. The lowest BCUT2D eigenvalue weighted by molar-refractivity contribution is 1.60. The van der Waals surface area contributed by atoms with E-state index in [1.807, 2.05) is 0 Å². The summed E-state index contributed by atoms with van der Waals surface area (Å²) in [6, 6.07) is 85.5. The summed E-state index contributed by atoms with van der Waals surface area (Å²) in [5, 5.41) is 14.9. The first-order valence-electron chi connectivity index (χ1n) is 20.8. The maximum Gasteiger partial charge on any atom is -0.00199 e. The Hall–Kier alpha value is -7.80. The second-order valence-corrected chi connectivity index (χ2v) is 16.1. The van der Waals surface area contributed by atoms with Crippen LogP contribution in [0, 0.1) is 0 Å². The van der Waals surface area contributed by atoms with Gasteiger partial charge in [-0.15, -0.1) is 0 Å². The van der Waals surface area contributed by atoms with Gasteiger partial charge in [-0.25, -0.2) is 0 Å². The summed E-state index contributed by atoms with van der Waals surface area (Å²) in [5.41, 5.74) is 12.2. The molecule has 60 heavy (non-hydrogen) atoms. The van der Waals surface area contributed by atoms with Gasteiger partial charge in [0, 0.05) is 0 Å². The Morgan fingerprint density at radius 2 is 0.550 bits per heavy atom.